The minimum absolute atomic E-state index is 0.199. The summed E-state index contributed by atoms with van der Waals surface area (Å²) in [6, 6.07) is 0. The van der Waals surface area contributed by atoms with E-state index in [0.717, 1.165) is 12.8 Å². The van der Waals surface area contributed by atoms with Crippen molar-refractivity contribution >= 4 is 12.1 Å². The molecule has 0 aliphatic heterocycles. The first-order chi connectivity index (χ1) is 11.3. The van der Waals surface area contributed by atoms with Crippen LogP contribution in [-0.4, -0.2) is 29.8 Å². The fraction of sp³-hybridized carbons (Fsp3) is 0.800. The third kappa shape index (κ3) is 5.23. The number of esters is 1. The lowest BCUT2D eigenvalue weighted by Crippen LogP contribution is -2.54. The second kappa shape index (κ2) is 6.65. The quantitative estimate of drug-likeness (QED) is 0.608. The standard InChI is InChI=1S/C20H33NO4/c1-13-8-14-10-20(15(14)9-13,11-16(22)24-18(2,3)4)12-21-17(23)25-19(5,6)7/h9,14-15H,8,10-12H2,1-7H3,(H,21,23)/t14-,15-,20-/m1/s1. The van der Waals surface area contributed by atoms with Gasteiger partial charge in [0.05, 0.1) is 6.42 Å². The van der Waals surface area contributed by atoms with Crippen LogP contribution in [0.25, 0.3) is 0 Å². The first-order valence-corrected chi connectivity index (χ1v) is 9.16. The highest BCUT2D eigenvalue weighted by Crippen LogP contribution is 2.59. The predicted octanol–water partition coefficient (Wildman–Crippen LogP) is 4.22. The molecule has 1 amide bonds. The number of carbonyl (C=O) groups is 2. The highest BCUT2D eigenvalue weighted by Gasteiger charge is 2.55. The summed E-state index contributed by atoms with van der Waals surface area (Å²) in [6.45, 7) is 13.7. The third-order valence-electron chi connectivity index (χ3n) is 4.83. The van der Waals surface area contributed by atoms with Crippen LogP contribution < -0.4 is 5.32 Å². The number of nitrogens with one attached hydrogen (secondary N) is 1. The molecule has 142 valence electrons. The number of alkyl carbamates (subject to hydrolysis) is 1. The summed E-state index contributed by atoms with van der Waals surface area (Å²) in [5.74, 6) is 0.715. The Morgan fingerprint density at radius 2 is 1.76 bits per heavy atom. The van der Waals surface area contributed by atoms with Crippen LogP contribution in [0.2, 0.25) is 0 Å². The van der Waals surface area contributed by atoms with Crippen molar-refractivity contribution in [1.82, 2.24) is 5.32 Å². The van der Waals surface area contributed by atoms with Gasteiger partial charge in [0.1, 0.15) is 11.2 Å². The van der Waals surface area contributed by atoms with E-state index in [2.05, 4.69) is 18.3 Å². The average Bonchev–Trinajstić information content (AvgIpc) is 2.67. The number of hydrogen-bond acceptors (Lipinski definition) is 4. The van der Waals surface area contributed by atoms with Crippen molar-refractivity contribution < 1.29 is 19.1 Å². The maximum atomic E-state index is 12.4. The molecule has 2 aliphatic carbocycles. The van der Waals surface area contributed by atoms with Crippen LogP contribution in [0.15, 0.2) is 11.6 Å². The molecule has 25 heavy (non-hydrogen) atoms. The van der Waals surface area contributed by atoms with E-state index in [1.54, 1.807) is 0 Å². The van der Waals surface area contributed by atoms with Crippen LogP contribution in [0, 0.1) is 17.3 Å². The molecule has 0 unspecified atom stereocenters. The predicted molar refractivity (Wildman–Crippen MR) is 97.1 cm³/mol. The molecule has 3 atom stereocenters. The maximum absolute atomic E-state index is 12.4. The first kappa shape index (κ1) is 19.8. The van der Waals surface area contributed by atoms with E-state index in [1.807, 2.05) is 41.5 Å². The maximum Gasteiger partial charge on any atom is 0.407 e. The van der Waals surface area contributed by atoms with Crippen molar-refractivity contribution in [1.29, 1.82) is 0 Å². The van der Waals surface area contributed by atoms with Gasteiger partial charge in [0.25, 0.3) is 0 Å². The smallest absolute Gasteiger partial charge is 0.407 e. The number of allylic oxidation sites excluding steroid dienone is 2. The van der Waals surface area contributed by atoms with E-state index in [0.29, 0.717) is 24.8 Å². The Bertz CT molecular complexity index is 567. The highest BCUT2D eigenvalue weighted by molar-refractivity contribution is 5.72. The number of amides is 1. The van der Waals surface area contributed by atoms with E-state index in [9.17, 15) is 9.59 Å². The van der Waals surface area contributed by atoms with Gasteiger partial charge < -0.3 is 14.8 Å². The normalized spacial score (nSPS) is 28.5. The number of fused-ring (bicyclic) bond motifs is 1. The molecule has 2 rings (SSSR count). The average molecular weight is 351 g/mol. The molecule has 0 radical (unpaired) electrons. The van der Waals surface area contributed by atoms with Gasteiger partial charge in [0.2, 0.25) is 0 Å². The summed E-state index contributed by atoms with van der Waals surface area (Å²) in [5, 5.41) is 2.88. The zero-order valence-corrected chi connectivity index (χ0v) is 16.7. The summed E-state index contributed by atoms with van der Waals surface area (Å²) in [7, 11) is 0. The van der Waals surface area contributed by atoms with Crippen LogP contribution in [0.1, 0.15) is 67.7 Å². The molecule has 0 aromatic heterocycles. The van der Waals surface area contributed by atoms with Gasteiger partial charge in [-0.05, 0) is 73.1 Å². The van der Waals surface area contributed by atoms with Crippen LogP contribution >= 0.6 is 0 Å². The second-order valence-electron chi connectivity index (χ2n) is 9.69. The van der Waals surface area contributed by atoms with Crippen molar-refractivity contribution in [2.75, 3.05) is 6.54 Å². The molecular formula is C20H33NO4. The van der Waals surface area contributed by atoms with Crippen LogP contribution in [-0.2, 0) is 14.3 Å². The van der Waals surface area contributed by atoms with Gasteiger partial charge in [-0.15, -0.1) is 0 Å². The number of carbonyl (C=O) groups excluding carboxylic acids is 2. The molecule has 5 nitrogen and oxygen atoms in total. The molecule has 0 spiro atoms. The van der Waals surface area contributed by atoms with E-state index in [-0.39, 0.29) is 11.4 Å². The Balaban J connectivity index is 2.04. The summed E-state index contributed by atoms with van der Waals surface area (Å²) < 4.78 is 10.9. The summed E-state index contributed by atoms with van der Waals surface area (Å²) in [4.78, 5) is 24.5. The Morgan fingerprint density at radius 1 is 1.16 bits per heavy atom. The van der Waals surface area contributed by atoms with Crippen LogP contribution in [0.4, 0.5) is 4.79 Å². The second-order valence-corrected chi connectivity index (χ2v) is 9.69. The molecule has 0 heterocycles. The molecule has 1 fully saturated rings. The molecule has 2 aliphatic rings. The Morgan fingerprint density at radius 3 is 2.28 bits per heavy atom. The van der Waals surface area contributed by atoms with Gasteiger partial charge >= 0.3 is 12.1 Å². The minimum atomic E-state index is -0.533. The Labute approximate surface area is 151 Å². The fourth-order valence-electron chi connectivity index (χ4n) is 4.09. The van der Waals surface area contributed by atoms with Crippen molar-refractivity contribution in [2.45, 2.75) is 78.9 Å². The number of rotatable bonds is 4. The largest absolute Gasteiger partial charge is 0.460 e. The first-order valence-electron chi connectivity index (χ1n) is 9.16. The summed E-state index contributed by atoms with van der Waals surface area (Å²) in [6.07, 6.45) is 4.19. The zero-order chi connectivity index (χ0) is 19.0. The monoisotopic (exact) mass is 351 g/mol. The molecule has 0 saturated heterocycles. The van der Waals surface area contributed by atoms with Gasteiger partial charge in [-0.1, -0.05) is 11.6 Å². The lowest BCUT2D eigenvalue weighted by Gasteiger charge is -2.52. The fourth-order valence-corrected chi connectivity index (χ4v) is 4.09. The van der Waals surface area contributed by atoms with Crippen LogP contribution in [0.5, 0.6) is 0 Å². The minimum Gasteiger partial charge on any atom is -0.460 e. The zero-order valence-electron chi connectivity index (χ0n) is 16.7. The van der Waals surface area contributed by atoms with Gasteiger partial charge in [-0.3, -0.25) is 4.79 Å². The molecule has 0 aromatic rings. The van der Waals surface area contributed by atoms with E-state index >= 15 is 0 Å². The molecule has 1 saturated carbocycles. The number of ether oxygens (including phenoxy) is 2. The van der Waals surface area contributed by atoms with Gasteiger partial charge in [-0.2, -0.15) is 0 Å². The molecule has 1 N–H and O–H groups in total. The van der Waals surface area contributed by atoms with Crippen LogP contribution in [0.3, 0.4) is 0 Å². The topological polar surface area (TPSA) is 64.6 Å². The number of hydrogen-bond donors (Lipinski definition) is 1. The molecule has 0 aromatic carbocycles. The van der Waals surface area contributed by atoms with Crippen molar-refractivity contribution in [2.24, 2.45) is 17.3 Å². The summed E-state index contributed by atoms with van der Waals surface area (Å²) >= 11 is 0. The van der Waals surface area contributed by atoms with E-state index < -0.39 is 17.3 Å². The Kier molecular flexibility index (Phi) is 5.27. The van der Waals surface area contributed by atoms with Crippen molar-refractivity contribution in [3.63, 3.8) is 0 Å². The molecule has 5 heteroatoms. The van der Waals surface area contributed by atoms with Gasteiger partial charge in [0, 0.05) is 12.0 Å². The molecular weight excluding hydrogens is 318 g/mol. The van der Waals surface area contributed by atoms with E-state index in [4.69, 9.17) is 9.47 Å². The SMILES string of the molecule is CC1=C[C@@H]2[C@H](C1)C[C@]2(CNC(=O)OC(C)(C)C)CC(=O)OC(C)(C)C. The van der Waals surface area contributed by atoms with Crippen molar-refractivity contribution in [3.05, 3.63) is 11.6 Å². The van der Waals surface area contributed by atoms with E-state index in [1.165, 1.54) is 5.57 Å². The van der Waals surface area contributed by atoms with Gasteiger partial charge in [-0.25, -0.2) is 4.79 Å². The third-order valence-corrected chi connectivity index (χ3v) is 4.83. The van der Waals surface area contributed by atoms with Crippen molar-refractivity contribution in [3.8, 4) is 0 Å². The Hall–Kier alpha value is -1.52. The summed E-state index contributed by atoms with van der Waals surface area (Å²) in [5.41, 5.74) is 0.0793. The lowest BCUT2D eigenvalue weighted by molar-refractivity contribution is -0.162. The van der Waals surface area contributed by atoms with Gasteiger partial charge in [0.15, 0.2) is 0 Å². The highest BCUT2D eigenvalue weighted by atomic mass is 16.6. The molecule has 0 bridgehead atoms. The lowest BCUT2D eigenvalue weighted by atomic mass is 9.53.